The van der Waals surface area contributed by atoms with Gasteiger partial charge in [-0.3, -0.25) is 0 Å². The number of rotatable bonds is 1. The third-order valence-corrected chi connectivity index (χ3v) is 3.18. The molecule has 68 valence electrons. The standard InChI is InChI=1S/C11H12OS/c1-12-10-6-4-8-13-11-7-3-2-5-9(10)11/h2-3,5-7H,4,8H2,1H3. The molecule has 1 aromatic carbocycles. The van der Waals surface area contributed by atoms with E-state index in [9.17, 15) is 0 Å². The summed E-state index contributed by atoms with van der Waals surface area (Å²) < 4.78 is 5.35. The minimum Gasteiger partial charge on any atom is -0.496 e. The highest BCUT2D eigenvalue weighted by Gasteiger charge is 2.10. The Hall–Kier alpha value is -0.890. The summed E-state index contributed by atoms with van der Waals surface area (Å²) >= 11 is 1.90. The third kappa shape index (κ3) is 1.73. The molecule has 1 aliphatic rings. The van der Waals surface area contributed by atoms with Crippen LogP contribution in [0.5, 0.6) is 0 Å². The van der Waals surface area contributed by atoms with Gasteiger partial charge < -0.3 is 4.74 Å². The van der Waals surface area contributed by atoms with Crippen LogP contribution in [0.4, 0.5) is 0 Å². The maximum absolute atomic E-state index is 5.35. The van der Waals surface area contributed by atoms with Gasteiger partial charge >= 0.3 is 0 Å². The Bertz CT molecular complexity index is 331. The molecule has 0 aromatic heterocycles. The summed E-state index contributed by atoms with van der Waals surface area (Å²) in [4.78, 5) is 1.33. The number of thioether (sulfide) groups is 1. The molecule has 2 heteroatoms. The lowest BCUT2D eigenvalue weighted by molar-refractivity contribution is 0.368. The van der Waals surface area contributed by atoms with Crippen molar-refractivity contribution < 1.29 is 4.74 Å². The first-order valence-corrected chi connectivity index (χ1v) is 5.37. The van der Waals surface area contributed by atoms with E-state index in [1.807, 2.05) is 11.8 Å². The second-order valence-corrected chi connectivity index (χ2v) is 4.04. The van der Waals surface area contributed by atoms with Gasteiger partial charge in [-0.2, -0.15) is 0 Å². The van der Waals surface area contributed by atoms with Crippen molar-refractivity contribution in [2.45, 2.75) is 11.3 Å². The van der Waals surface area contributed by atoms with Gasteiger partial charge in [-0.05, 0) is 18.6 Å². The number of ether oxygens (including phenoxy) is 1. The molecule has 0 unspecified atom stereocenters. The molecule has 0 bridgehead atoms. The monoisotopic (exact) mass is 192 g/mol. The molecule has 1 aliphatic heterocycles. The number of benzene rings is 1. The van der Waals surface area contributed by atoms with Gasteiger partial charge in [-0.1, -0.05) is 18.2 Å². The zero-order valence-corrected chi connectivity index (χ0v) is 8.43. The average Bonchev–Trinajstić information content (AvgIpc) is 2.39. The van der Waals surface area contributed by atoms with Crippen LogP contribution in [0.25, 0.3) is 5.76 Å². The van der Waals surface area contributed by atoms with Crippen LogP contribution in [-0.4, -0.2) is 12.9 Å². The summed E-state index contributed by atoms with van der Waals surface area (Å²) in [5.41, 5.74) is 1.23. The highest BCUT2D eigenvalue weighted by Crippen LogP contribution is 2.32. The lowest BCUT2D eigenvalue weighted by Gasteiger charge is -2.07. The topological polar surface area (TPSA) is 9.23 Å². The molecule has 0 saturated carbocycles. The molecule has 0 radical (unpaired) electrons. The summed E-state index contributed by atoms with van der Waals surface area (Å²) in [5, 5.41) is 0. The first kappa shape index (κ1) is 8.70. The van der Waals surface area contributed by atoms with Crippen LogP contribution in [0.15, 0.2) is 35.2 Å². The molecular weight excluding hydrogens is 180 g/mol. The van der Waals surface area contributed by atoms with Crippen molar-refractivity contribution in [2.75, 3.05) is 12.9 Å². The minimum atomic E-state index is 1.01. The van der Waals surface area contributed by atoms with Crippen LogP contribution < -0.4 is 0 Å². The van der Waals surface area contributed by atoms with E-state index in [1.165, 1.54) is 10.5 Å². The number of fused-ring (bicyclic) bond motifs is 1. The zero-order valence-electron chi connectivity index (χ0n) is 7.62. The highest BCUT2D eigenvalue weighted by molar-refractivity contribution is 7.99. The Balaban J connectivity index is 2.47. The van der Waals surface area contributed by atoms with Gasteiger partial charge in [0.25, 0.3) is 0 Å². The van der Waals surface area contributed by atoms with Crippen LogP contribution in [0.2, 0.25) is 0 Å². The number of hydrogen-bond acceptors (Lipinski definition) is 2. The summed E-state index contributed by atoms with van der Waals surface area (Å²) in [6.07, 6.45) is 3.25. The van der Waals surface area contributed by atoms with E-state index in [-0.39, 0.29) is 0 Å². The number of allylic oxidation sites excluding steroid dienone is 1. The van der Waals surface area contributed by atoms with Gasteiger partial charge in [0.1, 0.15) is 5.76 Å². The van der Waals surface area contributed by atoms with E-state index in [4.69, 9.17) is 4.74 Å². The third-order valence-electron chi connectivity index (χ3n) is 2.08. The van der Waals surface area contributed by atoms with Crippen LogP contribution in [-0.2, 0) is 4.74 Å². The van der Waals surface area contributed by atoms with Crippen molar-refractivity contribution in [3.8, 4) is 0 Å². The van der Waals surface area contributed by atoms with Gasteiger partial charge in [-0.25, -0.2) is 0 Å². The molecule has 0 saturated heterocycles. The van der Waals surface area contributed by atoms with Gasteiger partial charge in [0, 0.05) is 16.2 Å². The van der Waals surface area contributed by atoms with Crippen LogP contribution in [0, 0.1) is 0 Å². The van der Waals surface area contributed by atoms with Gasteiger partial charge in [0.15, 0.2) is 0 Å². The fourth-order valence-electron chi connectivity index (χ4n) is 1.46. The van der Waals surface area contributed by atoms with Crippen LogP contribution in [0.1, 0.15) is 12.0 Å². The van der Waals surface area contributed by atoms with Gasteiger partial charge in [0.05, 0.1) is 7.11 Å². The number of methoxy groups -OCH3 is 1. The minimum absolute atomic E-state index is 1.01. The Morgan fingerprint density at radius 2 is 2.15 bits per heavy atom. The summed E-state index contributed by atoms with van der Waals surface area (Å²) in [6.45, 7) is 0. The van der Waals surface area contributed by atoms with Crippen LogP contribution in [0.3, 0.4) is 0 Å². The molecule has 2 rings (SSSR count). The highest BCUT2D eigenvalue weighted by atomic mass is 32.2. The average molecular weight is 192 g/mol. The Morgan fingerprint density at radius 3 is 3.00 bits per heavy atom. The van der Waals surface area contributed by atoms with E-state index in [0.29, 0.717) is 0 Å². The lowest BCUT2D eigenvalue weighted by Crippen LogP contribution is -1.87. The summed E-state index contributed by atoms with van der Waals surface area (Å²) in [5.74, 6) is 2.16. The molecule has 0 spiro atoms. The van der Waals surface area contributed by atoms with Crippen molar-refractivity contribution in [2.24, 2.45) is 0 Å². The smallest absolute Gasteiger partial charge is 0.123 e. The second-order valence-electron chi connectivity index (χ2n) is 2.91. The van der Waals surface area contributed by atoms with Crippen molar-refractivity contribution in [1.29, 1.82) is 0 Å². The normalized spacial score (nSPS) is 15.6. The first-order valence-electron chi connectivity index (χ1n) is 4.38. The van der Waals surface area contributed by atoms with Crippen LogP contribution >= 0.6 is 11.8 Å². The summed E-state index contributed by atoms with van der Waals surface area (Å²) in [6, 6.07) is 8.39. The Morgan fingerprint density at radius 1 is 1.31 bits per heavy atom. The van der Waals surface area contributed by atoms with Crippen molar-refractivity contribution in [3.63, 3.8) is 0 Å². The molecule has 0 fully saturated rings. The van der Waals surface area contributed by atoms with Crippen molar-refractivity contribution in [3.05, 3.63) is 35.9 Å². The van der Waals surface area contributed by atoms with E-state index < -0.39 is 0 Å². The maximum Gasteiger partial charge on any atom is 0.123 e. The van der Waals surface area contributed by atoms with E-state index in [2.05, 4.69) is 30.3 Å². The SMILES string of the molecule is COC1=CCCSc2ccccc21. The van der Waals surface area contributed by atoms with E-state index in [0.717, 1.165) is 17.9 Å². The molecule has 0 amide bonds. The lowest BCUT2D eigenvalue weighted by atomic mass is 10.1. The number of hydrogen-bond donors (Lipinski definition) is 0. The van der Waals surface area contributed by atoms with E-state index >= 15 is 0 Å². The van der Waals surface area contributed by atoms with Gasteiger partial charge in [0.2, 0.25) is 0 Å². The molecule has 0 aliphatic carbocycles. The fourth-order valence-corrected chi connectivity index (χ4v) is 2.41. The second kappa shape index (κ2) is 3.88. The molecular formula is C11H12OS. The molecule has 1 aromatic rings. The maximum atomic E-state index is 5.35. The zero-order chi connectivity index (χ0) is 9.10. The molecule has 0 atom stereocenters. The van der Waals surface area contributed by atoms with Gasteiger partial charge in [-0.15, -0.1) is 11.8 Å². The fraction of sp³-hybridized carbons (Fsp3) is 0.273. The molecule has 1 nitrogen and oxygen atoms in total. The Kier molecular flexibility index (Phi) is 2.60. The van der Waals surface area contributed by atoms with Crippen molar-refractivity contribution >= 4 is 17.5 Å². The summed E-state index contributed by atoms with van der Waals surface area (Å²) in [7, 11) is 1.73. The first-order chi connectivity index (χ1) is 6.42. The van der Waals surface area contributed by atoms with Crippen molar-refractivity contribution in [1.82, 2.24) is 0 Å². The predicted molar refractivity (Wildman–Crippen MR) is 56.8 cm³/mol. The predicted octanol–water partition coefficient (Wildman–Crippen LogP) is 3.17. The van der Waals surface area contributed by atoms with E-state index in [1.54, 1.807) is 7.11 Å². The Labute approximate surface area is 82.8 Å². The molecule has 1 heterocycles. The molecule has 13 heavy (non-hydrogen) atoms. The largest absolute Gasteiger partial charge is 0.496 e. The molecule has 0 N–H and O–H groups in total. The quantitative estimate of drug-likeness (QED) is 0.676.